The van der Waals surface area contributed by atoms with Crippen molar-refractivity contribution >= 4 is 27.0 Å². The average Bonchev–Trinajstić information content (AvgIpc) is 2.76. The summed E-state index contributed by atoms with van der Waals surface area (Å²) in [6.07, 6.45) is 1.43. The molecule has 0 saturated heterocycles. The lowest BCUT2D eigenvalue weighted by molar-refractivity contribution is 0.104. The van der Waals surface area contributed by atoms with Crippen molar-refractivity contribution in [1.29, 1.82) is 0 Å². The van der Waals surface area contributed by atoms with Crippen molar-refractivity contribution in [2.75, 3.05) is 11.5 Å². The SMILES string of the molecule is CCOc1ccc(C(=O)C2=CN(c3ccc(C)c(C)c3)c3ccccc3S2(=O)=O)cc1. The number of sulfone groups is 1. The number of carbonyl (C=O) groups excluding carboxylic acids is 1. The molecule has 158 valence electrons. The fourth-order valence-electron chi connectivity index (χ4n) is 3.54. The Morgan fingerprint density at radius 1 is 0.935 bits per heavy atom. The van der Waals surface area contributed by atoms with E-state index < -0.39 is 15.6 Å². The van der Waals surface area contributed by atoms with Gasteiger partial charge in [0.25, 0.3) is 0 Å². The number of nitrogens with zero attached hydrogens (tertiary/aromatic N) is 1. The van der Waals surface area contributed by atoms with E-state index in [1.165, 1.54) is 12.3 Å². The Morgan fingerprint density at radius 2 is 1.65 bits per heavy atom. The van der Waals surface area contributed by atoms with E-state index in [-0.39, 0.29) is 15.4 Å². The monoisotopic (exact) mass is 433 g/mol. The Bertz CT molecular complexity index is 1290. The highest BCUT2D eigenvalue weighted by atomic mass is 32.2. The lowest BCUT2D eigenvalue weighted by Crippen LogP contribution is -2.25. The molecule has 0 aliphatic carbocycles. The van der Waals surface area contributed by atoms with E-state index >= 15 is 0 Å². The summed E-state index contributed by atoms with van der Waals surface area (Å²) in [7, 11) is -3.97. The zero-order valence-electron chi connectivity index (χ0n) is 17.6. The maximum atomic E-state index is 13.3. The largest absolute Gasteiger partial charge is 0.494 e. The first kappa shape index (κ1) is 20.9. The van der Waals surface area contributed by atoms with Gasteiger partial charge in [-0.3, -0.25) is 4.79 Å². The van der Waals surface area contributed by atoms with Crippen molar-refractivity contribution in [1.82, 2.24) is 0 Å². The van der Waals surface area contributed by atoms with Crippen LogP contribution in [-0.4, -0.2) is 20.8 Å². The molecule has 31 heavy (non-hydrogen) atoms. The van der Waals surface area contributed by atoms with Crippen LogP contribution in [0.15, 0.2) is 82.7 Å². The highest BCUT2D eigenvalue weighted by Gasteiger charge is 2.36. The van der Waals surface area contributed by atoms with E-state index in [1.54, 1.807) is 47.4 Å². The quantitative estimate of drug-likeness (QED) is 0.508. The molecular weight excluding hydrogens is 410 g/mol. The molecule has 5 nitrogen and oxygen atoms in total. The lowest BCUT2D eigenvalue weighted by atomic mass is 10.1. The third-order valence-electron chi connectivity index (χ3n) is 5.37. The fourth-order valence-corrected chi connectivity index (χ4v) is 5.08. The summed E-state index contributed by atoms with van der Waals surface area (Å²) in [6.45, 7) is 6.40. The number of ketones is 1. The first-order chi connectivity index (χ1) is 14.8. The molecule has 0 radical (unpaired) electrons. The zero-order chi connectivity index (χ0) is 22.2. The molecule has 1 aliphatic heterocycles. The molecule has 3 aromatic rings. The van der Waals surface area contributed by atoms with E-state index in [4.69, 9.17) is 4.74 Å². The van der Waals surface area contributed by atoms with Crippen LogP contribution in [0.3, 0.4) is 0 Å². The summed E-state index contributed by atoms with van der Waals surface area (Å²) >= 11 is 0. The minimum atomic E-state index is -3.97. The maximum Gasteiger partial charge on any atom is 0.214 e. The van der Waals surface area contributed by atoms with E-state index in [0.29, 0.717) is 18.0 Å². The van der Waals surface area contributed by atoms with Gasteiger partial charge in [-0.05, 0) is 80.4 Å². The Hall–Kier alpha value is -3.38. The normalized spacial score (nSPS) is 14.5. The smallest absolute Gasteiger partial charge is 0.214 e. The average molecular weight is 434 g/mol. The number of allylic oxidation sites excluding steroid dienone is 1. The predicted molar refractivity (Wildman–Crippen MR) is 122 cm³/mol. The molecule has 0 amide bonds. The second-order valence-electron chi connectivity index (χ2n) is 7.39. The van der Waals surface area contributed by atoms with Gasteiger partial charge in [-0.1, -0.05) is 18.2 Å². The highest BCUT2D eigenvalue weighted by Crippen LogP contribution is 2.40. The molecule has 0 fully saturated rings. The van der Waals surface area contributed by atoms with Crippen LogP contribution >= 0.6 is 0 Å². The molecule has 3 aromatic carbocycles. The molecule has 0 bridgehead atoms. The molecule has 1 aliphatic rings. The molecule has 4 rings (SSSR count). The van der Waals surface area contributed by atoms with E-state index in [1.807, 2.05) is 39.0 Å². The minimum Gasteiger partial charge on any atom is -0.494 e. The third kappa shape index (κ3) is 3.75. The number of para-hydroxylation sites is 1. The molecule has 0 aromatic heterocycles. The zero-order valence-corrected chi connectivity index (χ0v) is 18.4. The van der Waals surface area contributed by atoms with Crippen molar-refractivity contribution in [3.63, 3.8) is 0 Å². The minimum absolute atomic E-state index is 0.116. The van der Waals surface area contributed by atoms with Crippen molar-refractivity contribution < 1.29 is 17.9 Å². The predicted octanol–water partition coefficient (Wildman–Crippen LogP) is 5.35. The summed E-state index contributed by atoms with van der Waals surface area (Å²) < 4.78 is 32.1. The van der Waals surface area contributed by atoms with Crippen molar-refractivity contribution in [2.24, 2.45) is 0 Å². The molecule has 0 N–H and O–H groups in total. The summed E-state index contributed by atoms with van der Waals surface area (Å²) in [5, 5.41) is 0. The van der Waals surface area contributed by atoms with Crippen molar-refractivity contribution in [2.45, 2.75) is 25.7 Å². The Kier molecular flexibility index (Phi) is 5.41. The Balaban J connectivity index is 1.85. The summed E-state index contributed by atoms with van der Waals surface area (Å²) in [6, 6.07) is 19.1. The number of benzene rings is 3. The van der Waals surface area contributed by atoms with Crippen LogP contribution in [0.1, 0.15) is 28.4 Å². The second-order valence-corrected chi connectivity index (χ2v) is 9.28. The van der Waals surface area contributed by atoms with Gasteiger partial charge in [-0.15, -0.1) is 0 Å². The summed E-state index contributed by atoms with van der Waals surface area (Å²) in [4.78, 5) is 14.9. The standard InChI is InChI=1S/C25H23NO4S/c1-4-30-21-13-10-19(11-14-21)25(27)24-16-26(20-12-9-17(2)18(3)15-20)22-7-5-6-8-23(22)31(24,28)29/h5-16H,4H2,1-3H3. The van der Waals surface area contributed by atoms with Gasteiger partial charge in [0.2, 0.25) is 15.6 Å². The van der Waals surface area contributed by atoms with E-state index in [2.05, 4.69) is 0 Å². The number of hydrogen-bond donors (Lipinski definition) is 0. The number of fused-ring (bicyclic) bond motifs is 1. The van der Waals surface area contributed by atoms with Crippen LogP contribution in [0.2, 0.25) is 0 Å². The number of anilines is 2. The van der Waals surface area contributed by atoms with Crippen LogP contribution in [0.25, 0.3) is 0 Å². The van der Waals surface area contributed by atoms with Gasteiger partial charge in [-0.25, -0.2) is 8.42 Å². The van der Waals surface area contributed by atoms with Gasteiger partial charge >= 0.3 is 0 Å². The summed E-state index contributed by atoms with van der Waals surface area (Å²) in [5.41, 5.74) is 3.82. The van der Waals surface area contributed by atoms with Gasteiger partial charge < -0.3 is 9.64 Å². The number of ether oxygens (including phenoxy) is 1. The van der Waals surface area contributed by atoms with E-state index in [9.17, 15) is 13.2 Å². The topological polar surface area (TPSA) is 63.7 Å². The molecule has 0 unspecified atom stereocenters. The Labute approximate surface area is 182 Å². The number of hydrogen-bond acceptors (Lipinski definition) is 5. The van der Waals surface area contributed by atoms with Gasteiger partial charge in [-0.2, -0.15) is 0 Å². The number of Topliss-reactive ketones (excluding diaryl/α,β-unsaturated/α-hetero) is 1. The van der Waals surface area contributed by atoms with Crippen molar-refractivity contribution in [3.05, 3.63) is 94.5 Å². The van der Waals surface area contributed by atoms with Gasteiger partial charge in [0.15, 0.2) is 0 Å². The molecular formula is C25H23NO4S. The molecule has 0 spiro atoms. The van der Waals surface area contributed by atoms with Crippen LogP contribution in [-0.2, 0) is 9.84 Å². The van der Waals surface area contributed by atoms with Crippen LogP contribution in [0, 0.1) is 13.8 Å². The van der Waals surface area contributed by atoms with Gasteiger partial charge in [0.1, 0.15) is 10.7 Å². The maximum absolute atomic E-state index is 13.3. The van der Waals surface area contributed by atoms with Crippen LogP contribution < -0.4 is 9.64 Å². The molecule has 6 heteroatoms. The Morgan fingerprint density at radius 3 is 2.32 bits per heavy atom. The lowest BCUT2D eigenvalue weighted by Gasteiger charge is -2.29. The van der Waals surface area contributed by atoms with Crippen LogP contribution in [0.5, 0.6) is 5.75 Å². The first-order valence-electron chi connectivity index (χ1n) is 10.0. The summed E-state index contributed by atoms with van der Waals surface area (Å²) in [5.74, 6) is 0.0769. The van der Waals surface area contributed by atoms with Gasteiger partial charge in [0, 0.05) is 17.5 Å². The second kappa shape index (κ2) is 8.04. The third-order valence-corrected chi connectivity index (χ3v) is 7.16. The fraction of sp³-hybridized carbons (Fsp3) is 0.160. The van der Waals surface area contributed by atoms with E-state index in [0.717, 1.165) is 16.8 Å². The number of carbonyl (C=O) groups is 1. The van der Waals surface area contributed by atoms with Gasteiger partial charge in [0.05, 0.1) is 17.2 Å². The first-order valence-corrected chi connectivity index (χ1v) is 11.5. The van der Waals surface area contributed by atoms with Crippen molar-refractivity contribution in [3.8, 4) is 5.75 Å². The molecule has 0 atom stereocenters. The number of aryl methyl sites for hydroxylation is 2. The van der Waals surface area contributed by atoms with Crippen LogP contribution in [0.4, 0.5) is 11.4 Å². The molecule has 0 saturated carbocycles. The molecule has 1 heterocycles. The highest BCUT2D eigenvalue weighted by molar-refractivity contribution is 7.96. The number of rotatable bonds is 5.